The molecular weight excluding hydrogens is 510 g/mol. The van der Waals surface area contributed by atoms with Crippen LogP contribution in [0.4, 0.5) is 15.8 Å². The molecule has 0 fully saturated rings. The lowest BCUT2D eigenvalue weighted by molar-refractivity contribution is -0.114. The molecule has 174 valence electrons. The molecule has 4 rings (SSSR count). The van der Waals surface area contributed by atoms with E-state index in [1.807, 2.05) is 6.07 Å². The van der Waals surface area contributed by atoms with Crippen molar-refractivity contribution in [2.75, 3.05) is 16.0 Å². The number of amidine groups is 1. The topological polar surface area (TPSA) is 85.6 Å². The third-order valence-electron chi connectivity index (χ3n) is 4.80. The van der Waals surface area contributed by atoms with Crippen LogP contribution in [0.3, 0.4) is 0 Å². The molecule has 0 aromatic heterocycles. The summed E-state index contributed by atoms with van der Waals surface area (Å²) in [6.07, 6.45) is 1.52. The molecule has 35 heavy (non-hydrogen) atoms. The van der Waals surface area contributed by atoms with Crippen molar-refractivity contribution in [1.82, 2.24) is 0 Å². The largest absolute Gasteiger partial charge is 0.325 e. The van der Waals surface area contributed by atoms with Gasteiger partial charge in [-0.15, -0.1) is 0 Å². The van der Waals surface area contributed by atoms with Gasteiger partial charge < -0.3 is 5.32 Å². The van der Waals surface area contributed by atoms with Crippen molar-refractivity contribution >= 4 is 69.4 Å². The first kappa shape index (κ1) is 24.5. The van der Waals surface area contributed by atoms with Gasteiger partial charge in [-0.2, -0.15) is 5.26 Å². The SMILES string of the molecule is N#Cc1ccc(NC(=O)CSC2=N/C(=C\c3ccc(Cl)c(Cl)c3)C(=O)N2c2ccccc2F)cc1. The van der Waals surface area contributed by atoms with Crippen LogP contribution in [0.25, 0.3) is 6.08 Å². The lowest BCUT2D eigenvalue weighted by atomic mass is 10.2. The molecule has 0 atom stereocenters. The molecule has 0 bridgehead atoms. The summed E-state index contributed by atoms with van der Waals surface area (Å²) in [6, 6.07) is 19.1. The number of hydrogen-bond acceptors (Lipinski definition) is 5. The van der Waals surface area contributed by atoms with E-state index < -0.39 is 11.7 Å². The van der Waals surface area contributed by atoms with Crippen LogP contribution in [0.2, 0.25) is 10.0 Å². The number of carbonyl (C=O) groups is 2. The number of para-hydroxylation sites is 1. The number of nitrogens with one attached hydrogen (secondary N) is 1. The highest BCUT2D eigenvalue weighted by molar-refractivity contribution is 8.14. The Morgan fingerprint density at radius 3 is 2.54 bits per heavy atom. The minimum atomic E-state index is -0.605. The molecule has 0 saturated heterocycles. The monoisotopic (exact) mass is 524 g/mol. The van der Waals surface area contributed by atoms with E-state index in [2.05, 4.69) is 10.3 Å². The standard InChI is InChI=1S/C25H15Cl2FN4O2S/c26-18-10-7-16(11-19(18)27)12-21-24(34)32(22-4-2-1-3-20(22)28)25(31-21)35-14-23(33)30-17-8-5-15(13-29)6-9-17/h1-12H,14H2,(H,30,33)/b21-12-. The number of rotatable bonds is 5. The van der Waals surface area contributed by atoms with E-state index in [1.165, 1.54) is 24.3 Å². The van der Waals surface area contributed by atoms with Crippen molar-refractivity contribution in [1.29, 1.82) is 5.26 Å². The minimum Gasteiger partial charge on any atom is -0.325 e. The van der Waals surface area contributed by atoms with Crippen molar-refractivity contribution in [2.45, 2.75) is 0 Å². The third-order valence-corrected chi connectivity index (χ3v) is 6.48. The summed E-state index contributed by atoms with van der Waals surface area (Å²) in [5.74, 6) is -1.59. The fraction of sp³-hybridized carbons (Fsp3) is 0.0400. The highest BCUT2D eigenvalue weighted by atomic mass is 35.5. The van der Waals surface area contributed by atoms with Gasteiger partial charge in [0.2, 0.25) is 5.91 Å². The van der Waals surface area contributed by atoms with Gasteiger partial charge in [0.15, 0.2) is 5.17 Å². The number of carbonyl (C=O) groups excluding carboxylic acids is 2. The number of benzene rings is 3. The van der Waals surface area contributed by atoms with Gasteiger partial charge in [-0.05, 0) is 60.2 Å². The molecule has 3 aromatic carbocycles. The number of hydrogen-bond donors (Lipinski definition) is 1. The zero-order valence-electron chi connectivity index (χ0n) is 17.8. The molecule has 1 N–H and O–H groups in total. The van der Waals surface area contributed by atoms with E-state index in [-0.39, 0.29) is 28.2 Å². The Hall–Kier alpha value is -3.64. The van der Waals surface area contributed by atoms with Crippen LogP contribution in [0.15, 0.2) is 77.4 Å². The maximum Gasteiger partial charge on any atom is 0.283 e. The summed E-state index contributed by atoms with van der Waals surface area (Å²) in [7, 11) is 0. The van der Waals surface area contributed by atoms with Crippen LogP contribution >= 0.6 is 35.0 Å². The van der Waals surface area contributed by atoms with Gasteiger partial charge in [0.1, 0.15) is 11.5 Å². The molecule has 10 heteroatoms. The lowest BCUT2D eigenvalue weighted by Gasteiger charge is -2.18. The molecule has 1 aliphatic heterocycles. The van der Waals surface area contributed by atoms with E-state index >= 15 is 0 Å². The van der Waals surface area contributed by atoms with E-state index in [9.17, 15) is 14.0 Å². The first-order valence-corrected chi connectivity index (χ1v) is 11.9. The van der Waals surface area contributed by atoms with Gasteiger partial charge in [-0.3, -0.25) is 14.5 Å². The number of amides is 2. The average molecular weight is 525 g/mol. The van der Waals surface area contributed by atoms with E-state index in [1.54, 1.807) is 48.5 Å². The zero-order valence-corrected chi connectivity index (χ0v) is 20.2. The van der Waals surface area contributed by atoms with Crippen molar-refractivity contribution in [3.8, 4) is 6.07 Å². The molecule has 0 saturated carbocycles. The Kier molecular flexibility index (Phi) is 7.51. The van der Waals surface area contributed by atoms with Crippen LogP contribution in [0, 0.1) is 17.1 Å². The molecule has 6 nitrogen and oxygen atoms in total. The Morgan fingerprint density at radius 1 is 1.11 bits per heavy atom. The second-order valence-corrected chi connectivity index (χ2v) is 8.97. The highest BCUT2D eigenvalue weighted by Crippen LogP contribution is 2.32. The molecule has 3 aromatic rings. The van der Waals surface area contributed by atoms with E-state index in [0.29, 0.717) is 26.9 Å². The molecule has 0 unspecified atom stereocenters. The summed E-state index contributed by atoms with van der Waals surface area (Å²) >= 11 is 13.0. The summed E-state index contributed by atoms with van der Waals surface area (Å²) in [6.45, 7) is 0. The van der Waals surface area contributed by atoms with Crippen LogP contribution in [-0.4, -0.2) is 22.7 Å². The summed E-state index contributed by atoms with van der Waals surface area (Å²) in [5.41, 5.74) is 1.66. The lowest BCUT2D eigenvalue weighted by Crippen LogP contribution is -2.32. The molecule has 1 heterocycles. The number of anilines is 2. The van der Waals surface area contributed by atoms with Gasteiger partial charge in [0.25, 0.3) is 5.91 Å². The Bertz CT molecular complexity index is 1420. The predicted molar refractivity (Wildman–Crippen MR) is 138 cm³/mol. The van der Waals surface area contributed by atoms with Crippen molar-refractivity contribution < 1.29 is 14.0 Å². The zero-order chi connectivity index (χ0) is 24.9. The number of nitrogens with zero attached hydrogens (tertiary/aromatic N) is 3. The maximum absolute atomic E-state index is 14.6. The Labute approximate surface area is 214 Å². The van der Waals surface area contributed by atoms with Gasteiger partial charge in [0, 0.05) is 5.69 Å². The second-order valence-electron chi connectivity index (χ2n) is 7.22. The fourth-order valence-corrected chi connectivity index (χ4v) is 4.27. The molecule has 0 spiro atoms. The number of halogens is 3. The average Bonchev–Trinajstić information content (AvgIpc) is 3.15. The molecule has 1 aliphatic rings. The van der Waals surface area contributed by atoms with Gasteiger partial charge in [-0.1, -0.05) is 53.2 Å². The van der Waals surface area contributed by atoms with Crippen LogP contribution < -0.4 is 10.2 Å². The van der Waals surface area contributed by atoms with E-state index in [4.69, 9.17) is 28.5 Å². The molecule has 2 amide bonds. The molecular formula is C25H15Cl2FN4O2S. The molecule has 0 radical (unpaired) electrons. The van der Waals surface area contributed by atoms with Gasteiger partial charge in [-0.25, -0.2) is 9.38 Å². The number of nitriles is 1. The van der Waals surface area contributed by atoms with Crippen molar-refractivity contribution in [3.63, 3.8) is 0 Å². The Morgan fingerprint density at radius 2 is 1.86 bits per heavy atom. The molecule has 0 aliphatic carbocycles. The highest BCUT2D eigenvalue weighted by Gasteiger charge is 2.34. The summed E-state index contributed by atoms with van der Waals surface area (Å²) < 4.78 is 14.6. The number of aliphatic imine (C=N–C) groups is 1. The maximum atomic E-state index is 14.6. The predicted octanol–water partition coefficient (Wildman–Crippen LogP) is 6.12. The van der Waals surface area contributed by atoms with Crippen molar-refractivity contribution in [2.24, 2.45) is 4.99 Å². The number of thioether (sulfide) groups is 1. The first-order valence-electron chi connectivity index (χ1n) is 10.1. The smallest absolute Gasteiger partial charge is 0.283 e. The van der Waals surface area contributed by atoms with Crippen LogP contribution in [-0.2, 0) is 9.59 Å². The van der Waals surface area contributed by atoms with Crippen LogP contribution in [0.5, 0.6) is 0 Å². The summed E-state index contributed by atoms with van der Waals surface area (Å²) in [5, 5.41) is 12.4. The van der Waals surface area contributed by atoms with E-state index in [0.717, 1.165) is 16.7 Å². The Balaban J connectivity index is 1.58. The van der Waals surface area contributed by atoms with Gasteiger partial charge >= 0.3 is 0 Å². The van der Waals surface area contributed by atoms with Gasteiger partial charge in [0.05, 0.1) is 33.1 Å². The normalized spacial score (nSPS) is 14.1. The summed E-state index contributed by atoms with van der Waals surface area (Å²) in [4.78, 5) is 31.2. The van der Waals surface area contributed by atoms with Crippen LogP contribution in [0.1, 0.15) is 11.1 Å². The first-order chi connectivity index (χ1) is 16.9. The fourth-order valence-electron chi connectivity index (χ4n) is 3.15. The minimum absolute atomic E-state index is 0.0220. The van der Waals surface area contributed by atoms with Crippen molar-refractivity contribution in [3.05, 3.63) is 99.4 Å². The second kappa shape index (κ2) is 10.7. The third kappa shape index (κ3) is 5.72. The quantitative estimate of drug-likeness (QED) is 0.407.